The van der Waals surface area contributed by atoms with E-state index in [1.54, 1.807) is 0 Å². The Bertz CT molecular complexity index is 631. The first-order valence-corrected chi connectivity index (χ1v) is 7.87. The third-order valence-electron chi connectivity index (χ3n) is 5.54. The summed E-state index contributed by atoms with van der Waals surface area (Å²) in [5.41, 5.74) is 6.53. The van der Waals surface area contributed by atoms with Gasteiger partial charge in [0.2, 0.25) is 5.91 Å². The molecule has 5 heteroatoms. The lowest BCUT2D eigenvalue weighted by Gasteiger charge is -2.12. The highest BCUT2D eigenvalue weighted by Crippen LogP contribution is 2.69. The summed E-state index contributed by atoms with van der Waals surface area (Å²) in [6, 6.07) is 4.12. The number of nitrogens with one attached hydrogen (secondary N) is 1. The second-order valence-electron chi connectivity index (χ2n) is 6.56. The van der Waals surface area contributed by atoms with Crippen molar-refractivity contribution in [3.8, 4) is 0 Å². The van der Waals surface area contributed by atoms with Crippen LogP contribution in [0.2, 0.25) is 0 Å². The van der Waals surface area contributed by atoms with Gasteiger partial charge in [-0.05, 0) is 61.1 Å². The van der Waals surface area contributed by atoms with E-state index in [4.69, 9.17) is 18.0 Å². The van der Waals surface area contributed by atoms with Crippen molar-refractivity contribution in [3.05, 3.63) is 29.6 Å². The van der Waals surface area contributed by atoms with Gasteiger partial charge >= 0.3 is 0 Å². The Morgan fingerprint density at radius 2 is 1.95 bits per heavy atom. The average Bonchev–Trinajstić information content (AvgIpc) is 2.89. The minimum absolute atomic E-state index is 0.0470. The van der Waals surface area contributed by atoms with Gasteiger partial charge in [-0.3, -0.25) is 4.79 Å². The molecular formula is C16H17FN2OS. The Balaban J connectivity index is 1.52. The molecule has 2 bridgehead atoms. The molecule has 1 aromatic carbocycles. The summed E-state index contributed by atoms with van der Waals surface area (Å²) < 4.78 is 13.3. The molecule has 0 spiro atoms. The quantitative estimate of drug-likeness (QED) is 0.844. The smallest absolute Gasteiger partial charge is 0.228 e. The molecule has 0 saturated heterocycles. The van der Waals surface area contributed by atoms with Crippen LogP contribution in [0.25, 0.3) is 0 Å². The number of anilines is 1. The van der Waals surface area contributed by atoms with Gasteiger partial charge in [0.25, 0.3) is 0 Å². The van der Waals surface area contributed by atoms with Gasteiger partial charge in [0.05, 0.1) is 5.69 Å². The molecule has 3 saturated carbocycles. The molecule has 3 N–H and O–H groups in total. The largest absolute Gasteiger partial charge is 0.389 e. The van der Waals surface area contributed by atoms with E-state index in [-0.39, 0.29) is 16.8 Å². The van der Waals surface area contributed by atoms with Gasteiger partial charge < -0.3 is 11.1 Å². The Morgan fingerprint density at radius 3 is 2.57 bits per heavy atom. The number of carbonyl (C=O) groups excluding carboxylic acids is 1. The number of fused-ring (bicyclic) bond motifs is 5. The highest BCUT2D eigenvalue weighted by atomic mass is 32.1. The first-order valence-electron chi connectivity index (χ1n) is 7.46. The zero-order valence-electron chi connectivity index (χ0n) is 11.5. The van der Waals surface area contributed by atoms with Gasteiger partial charge in [-0.25, -0.2) is 4.39 Å². The minimum atomic E-state index is -0.405. The molecule has 4 atom stereocenters. The summed E-state index contributed by atoms with van der Waals surface area (Å²) in [6.45, 7) is 0. The van der Waals surface area contributed by atoms with Gasteiger partial charge in [-0.1, -0.05) is 12.2 Å². The predicted molar refractivity (Wildman–Crippen MR) is 82.2 cm³/mol. The van der Waals surface area contributed by atoms with Crippen molar-refractivity contribution in [2.24, 2.45) is 35.3 Å². The Morgan fingerprint density at radius 1 is 1.29 bits per heavy atom. The summed E-state index contributed by atoms with van der Waals surface area (Å²) >= 11 is 4.93. The fraction of sp³-hybridized carbons (Fsp3) is 0.500. The normalized spacial score (nSPS) is 35.4. The van der Waals surface area contributed by atoms with E-state index < -0.39 is 5.82 Å². The molecule has 3 nitrogen and oxygen atoms in total. The first-order chi connectivity index (χ1) is 10.1. The Kier molecular flexibility index (Phi) is 2.83. The van der Waals surface area contributed by atoms with E-state index in [1.165, 1.54) is 37.5 Å². The molecule has 3 fully saturated rings. The highest BCUT2D eigenvalue weighted by Gasteiger charge is 2.67. The van der Waals surface area contributed by atoms with Crippen LogP contribution in [0.4, 0.5) is 10.1 Å². The standard InChI is InChI=1S/C16H17FN2OS/c17-9-3-4-11(10(6-9)15(18)21)19-16(20)14-12-7-1-2-8(5-7)13(12)14/h3-4,6-8,12-14H,1-2,5H2,(H2,18,21)(H,19,20). The van der Waals surface area contributed by atoms with Crippen LogP contribution in [-0.2, 0) is 4.79 Å². The molecule has 4 rings (SSSR count). The van der Waals surface area contributed by atoms with Gasteiger partial charge in [0.1, 0.15) is 10.8 Å². The van der Waals surface area contributed by atoms with Crippen LogP contribution in [-0.4, -0.2) is 10.9 Å². The zero-order chi connectivity index (χ0) is 14.7. The van der Waals surface area contributed by atoms with E-state index in [9.17, 15) is 9.18 Å². The molecular weight excluding hydrogens is 287 g/mol. The number of amides is 1. The first kappa shape index (κ1) is 13.2. The SMILES string of the molecule is NC(=S)c1cc(F)ccc1NC(=O)C1C2C3CCC(C3)C12. The van der Waals surface area contributed by atoms with Crippen LogP contribution in [0.5, 0.6) is 0 Å². The molecule has 0 radical (unpaired) electrons. The number of nitrogens with two attached hydrogens (primary N) is 1. The van der Waals surface area contributed by atoms with Crippen molar-refractivity contribution in [2.45, 2.75) is 19.3 Å². The Hall–Kier alpha value is -1.49. The van der Waals surface area contributed by atoms with Gasteiger partial charge in [0, 0.05) is 11.5 Å². The molecule has 21 heavy (non-hydrogen) atoms. The number of halogens is 1. The van der Waals surface area contributed by atoms with Crippen LogP contribution >= 0.6 is 12.2 Å². The fourth-order valence-electron chi connectivity index (χ4n) is 4.72. The van der Waals surface area contributed by atoms with E-state index in [2.05, 4.69) is 5.32 Å². The molecule has 1 amide bonds. The molecule has 3 aliphatic carbocycles. The highest BCUT2D eigenvalue weighted by molar-refractivity contribution is 7.80. The van der Waals surface area contributed by atoms with Gasteiger partial charge in [-0.15, -0.1) is 0 Å². The zero-order valence-corrected chi connectivity index (χ0v) is 12.3. The number of hydrogen-bond donors (Lipinski definition) is 2. The number of rotatable bonds is 3. The van der Waals surface area contributed by atoms with Crippen molar-refractivity contribution in [3.63, 3.8) is 0 Å². The lowest BCUT2D eigenvalue weighted by atomic mass is 10.0. The van der Waals surface area contributed by atoms with Crippen molar-refractivity contribution >= 4 is 28.8 Å². The van der Waals surface area contributed by atoms with Crippen molar-refractivity contribution in [2.75, 3.05) is 5.32 Å². The van der Waals surface area contributed by atoms with Crippen molar-refractivity contribution in [1.29, 1.82) is 0 Å². The van der Waals surface area contributed by atoms with Crippen LogP contribution < -0.4 is 11.1 Å². The van der Waals surface area contributed by atoms with Crippen LogP contribution in [0.1, 0.15) is 24.8 Å². The number of carbonyl (C=O) groups is 1. The molecule has 0 aromatic heterocycles. The number of thiocarbonyl (C=S) groups is 1. The minimum Gasteiger partial charge on any atom is -0.389 e. The third kappa shape index (κ3) is 1.98. The topological polar surface area (TPSA) is 55.1 Å². The number of hydrogen-bond acceptors (Lipinski definition) is 2. The average molecular weight is 304 g/mol. The predicted octanol–water partition coefficient (Wildman–Crippen LogP) is 2.69. The molecule has 0 aliphatic heterocycles. The summed E-state index contributed by atoms with van der Waals surface area (Å²) in [5, 5.41) is 2.91. The third-order valence-corrected chi connectivity index (χ3v) is 5.76. The summed E-state index contributed by atoms with van der Waals surface area (Å²) in [5.74, 6) is 2.44. The van der Waals surface area contributed by atoms with Crippen molar-refractivity contribution < 1.29 is 9.18 Å². The van der Waals surface area contributed by atoms with Crippen LogP contribution in [0.3, 0.4) is 0 Å². The van der Waals surface area contributed by atoms with Crippen LogP contribution in [0.15, 0.2) is 18.2 Å². The van der Waals surface area contributed by atoms with Gasteiger partial charge in [0.15, 0.2) is 0 Å². The van der Waals surface area contributed by atoms with Gasteiger partial charge in [-0.2, -0.15) is 0 Å². The second-order valence-corrected chi connectivity index (χ2v) is 7.00. The van der Waals surface area contributed by atoms with Crippen molar-refractivity contribution in [1.82, 2.24) is 0 Å². The molecule has 4 unspecified atom stereocenters. The van der Waals surface area contributed by atoms with E-state index in [0.717, 1.165) is 11.8 Å². The van der Waals surface area contributed by atoms with E-state index in [1.807, 2.05) is 0 Å². The van der Waals surface area contributed by atoms with E-state index in [0.29, 0.717) is 23.1 Å². The summed E-state index contributed by atoms with van der Waals surface area (Å²) in [7, 11) is 0. The molecule has 1 aromatic rings. The maximum absolute atomic E-state index is 13.3. The van der Waals surface area contributed by atoms with E-state index >= 15 is 0 Å². The summed E-state index contributed by atoms with van der Waals surface area (Å²) in [4.78, 5) is 12.6. The Labute approximate surface area is 128 Å². The monoisotopic (exact) mass is 304 g/mol. The maximum atomic E-state index is 13.3. The molecule has 3 aliphatic rings. The maximum Gasteiger partial charge on any atom is 0.228 e. The second kappa shape index (κ2) is 4.50. The molecule has 110 valence electrons. The fourth-order valence-corrected chi connectivity index (χ4v) is 4.89. The lowest BCUT2D eigenvalue weighted by molar-refractivity contribution is -0.118. The summed E-state index contributed by atoms with van der Waals surface area (Å²) in [6.07, 6.45) is 3.88. The number of benzene rings is 1. The lowest BCUT2D eigenvalue weighted by Crippen LogP contribution is -2.21. The molecule has 0 heterocycles. The van der Waals surface area contributed by atoms with Crippen LogP contribution in [0, 0.1) is 35.4 Å².